The normalized spacial score (nSPS) is 14.3. The number of rotatable bonds is 3. The van der Waals surface area contributed by atoms with E-state index >= 15 is 0 Å². The Bertz CT molecular complexity index is 670. The molecule has 6 nitrogen and oxygen atoms in total. The zero-order valence-corrected chi connectivity index (χ0v) is 11.5. The first-order valence-corrected chi connectivity index (χ1v) is 6.39. The van der Waals surface area contributed by atoms with Crippen LogP contribution in [-0.2, 0) is 7.05 Å². The third kappa shape index (κ3) is 2.54. The maximum atomic E-state index is 4.54. The van der Waals surface area contributed by atoms with Crippen molar-refractivity contribution in [1.29, 1.82) is 0 Å². The molecule has 0 unspecified atom stereocenters. The highest BCUT2D eigenvalue weighted by Crippen LogP contribution is 2.19. The van der Waals surface area contributed by atoms with Gasteiger partial charge in [0.1, 0.15) is 5.82 Å². The molecule has 0 fully saturated rings. The van der Waals surface area contributed by atoms with Gasteiger partial charge in [0.05, 0.1) is 11.9 Å². The van der Waals surface area contributed by atoms with E-state index in [0.29, 0.717) is 5.95 Å². The average Bonchev–Trinajstić information content (AvgIpc) is 2.85. The Morgan fingerprint density at radius 2 is 2.10 bits per heavy atom. The van der Waals surface area contributed by atoms with Gasteiger partial charge in [-0.1, -0.05) is 6.08 Å². The van der Waals surface area contributed by atoms with Crippen molar-refractivity contribution in [3.8, 4) is 0 Å². The van der Waals surface area contributed by atoms with E-state index in [4.69, 9.17) is 0 Å². The molecule has 1 aliphatic rings. The summed E-state index contributed by atoms with van der Waals surface area (Å²) in [5.41, 5.74) is 2.02. The maximum Gasteiger partial charge on any atom is 0.228 e. The molecule has 2 aromatic rings. The van der Waals surface area contributed by atoms with Crippen molar-refractivity contribution in [2.75, 3.05) is 18.9 Å². The van der Waals surface area contributed by atoms with Crippen LogP contribution in [0.4, 0.5) is 11.8 Å². The molecule has 2 aromatic heterocycles. The molecule has 20 heavy (non-hydrogen) atoms. The van der Waals surface area contributed by atoms with Crippen LogP contribution in [0.1, 0.15) is 5.69 Å². The molecule has 1 N–H and O–H groups in total. The minimum Gasteiger partial charge on any atom is -0.377 e. The number of hydrogen-bond donors (Lipinski definition) is 1. The topological polar surface area (TPSA) is 58.9 Å². The number of allylic oxidation sites excluding steroid dienone is 2. The van der Waals surface area contributed by atoms with Gasteiger partial charge in [-0.3, -0.25) is 4.68 Å². The lowest BCUT2D eigenvalue weighted by Gasteiger charge is -2.17. The van der Waals surface area contributed by atoms with Gasteiger partial charge in [0.2, 0.25) is 5.95 Å². The molecule has 0 amide bonds. The van der Waals surface area contributed by atoms with E-state index in [-0.39, 0.29) is 0 Å². The summed E-state index contributed by atoms with van der Waals surface area (Å²) in [5, 5.41) is 7.26. The second-order valence-electron chi connectivity index (χ2n) is 4.65. The van der Waals surface area contributed by atoms with Gasteiger partial charge in [-0.25, -0.2) is 9.97 Å². The summed E-state index contributed by atoms with van der Waals surface area (Å²) >= 11 is 0. The lowest BCUT2D eigenvalue weighted by molar-refractivity contribution is 0.506. The highest BCUT2D eigenvalue weighted by Gasteiger charge is 2.07. The van der Waals surface area contributed by atoms with E-state index in [2.05, 4.69) is 37.4 Å². The Morgan fingerprint density at radius 3 is 2.80 bits per heavy atom. The predicted molar refractivity (Wildman–Crippen MR) is 78.3 cm³/mol. The highest BCUT2D eigenvalue weighted by atomic mass is 15.3. The van der Waals surface area contributed by atoms with Crippen LogP contribution < -0.4 is 5.32 Å². The Labute approximate surface area is 117 Å². The number of aryl methyl sites for hydroxylation is 1. The Morgan fingerprint density at radius 1 is 1.20 bits per heavy atom. The van der Waals surface area contributed by atoms with Gasteiger partial charge < -0.3 is 10.2 Å². The van der Waals surface area contributed by atoms with Crippen molar-refractivity contribution in [3.05, 3.63) is 48.6 Å². The number of anilines is 2. The van der Waals surface area contributed by atoms with E-state index in [1.165, 1.54) is 0 Å². The molecule has 3 rings (SSSR count). The van der Waals surface area contributed by atoms with Gasteiger partial charge in [0.15, 0.2) is 0 Å². The van der Waals surface area contributed by atoms with E-state index in [1.54, 1.807) is 17.1 Å². The number of likely N-dealkylation sites (N-methyl/N-ethyl adjacent to an activating group) is 1. The molecular formula is C14H16N6. The standard InChI is InChI=1S/C14H16N6/c1-19-9-5-11(6-10-19)12-3-7-15-14(17-12)18-13-4-8-16-20(13)2/h3-9H,10H2,1-2H3,(H,15,17,18). The minimum atomic E-state index is 0.569. The number of aromatic nitrogens is 4. The van der Waals surface area contributed by atoms with Crippen LogP contribution in [0.5, 0.6) is 0 Å². The fraction of sp³-hybridized carbons (Fsp3) is 0.214. The number of hydrogen-bond acceptors (Lipinski definition) is 5. The van der Waals surface area contributed by atoms with Gasteiger partial charge in [-0.15, -0.1) is 0 Å². The van der Waals surface area contributed by atoms with Crippen LogP contribution in [0, 0.1) is 0 Å². The van der Waals surface area contributed by atoms with Crippen molar-refractivity contribution < 1.29 is 0 Å². The van der Waals surface area contributed by atoms with Gasteiger partial charge in [-0.05, 0) is 23.9 Å². The van der Waals surface area contributed by atoms with E-state index in [0.717, 1.165) is 23.6 Å². The molecule has 0 saturated heterocycles. The van der Waals surface area contributed by atoms with E-state index in [1.807, 2.05) is 32.4 Å². The van der Waals surface area contributed by atoms with Crippen molar-refractivity contribution >= 4 is 17.3 Å². The van der Waals surface area contributed by atoms with E-state index in [9.17, 15) is 0 Å². The van der Waals surface area contributed by atoms with Crippen LogP contribution >= 0.6 is 0 Å². The molecule has 0 aliphatic carbocycles. The van der Waals surface area contributed by atoms with Crippen molar-refractivity contribution in [1.82, 2.24) is 24.6 Å². The summed E-state index contributed by atoms with van der Waals surface area (Å²) in [6.45, 7) is 0.889. The van der Waals surface area contributed by atoms with Gasteiger partial charge in [0.25, 0.3) is 0 Å². The van der Waals surface area contributed by atoms with Crippen molar-refractivity contribution in [2.24, 2.45) is 7.05 Å². The second kappa shape index (κ2) is 5.16. The molecule has 102 valence electrons. The predicted octanol–water partition coefficient (Wildman–Crippen LogP) is 1.80. The largest absolute Gasteiger partial charge is 0.377 e. The third-order valence-electron chi connectivity index (χ3n) is 3.12. The summed E-state index contributed by atoms with van der Waals surface area (Å²) in [5.74, 6) is 1.43. The Hall–Kier alpha value is -2.63. The van der Waals surface area contributed by atoms with Crippen LogP contribution in [0.15, 0.2) is 42.9 Å². The quantitative estimate of drug-likeness (QED) is 0.919. The zero-order chi connectivity index (χ0) is 13.9. The Kier molecular flexibility index (Phi) is 3.20. The molecule has 0 aromatic carbocycles. The molecule has 0 spiro atoms. The monoisotopic (exact) mass is 268 g/mol. The number of nitrogens with one attached hydrogen (secondary N) is 1. The molecule has 0 atom stereocenters. The molecule has 0 radical (unpaired) electrons. The van der Waals surface area contributed by atoms with Crippen molar-refractivity contribution in [2.45, 2.75) is 0 Å². The van der Waals surface area contributed by atoms with Gasteiger partial charge >= 0.3 is 0 Å². The summed E-state index contributed by atoms with van der Waals surface area (Å²) < 4.78 is 1.74. The van der Waals surface area contributed by atoms with E-state index < -0.39 is 0 Å². The molecular weight excluding hydrogens is 252 g/mol. The number of nitrogens with zero attached hydrogens (tertiary/aromatic N) is 5. The zero-order valence-electron chi connectivity index (χ0n) is 11.5. The summed E-state index contributed by atoms with van der Waals surface area (Å²) in [7, 11) is 3.91. The fourth-order valence-electron chi connectivity index (χ4n) is 1.96. The lowest BCUT2D eigenvalue weighted by Crippen LogP contribution is -2.13. The van der Waals surface area contributed by atoms with Gasteiger partial charge in [-0.2, -0.15) is 5.10 Å². The lowest BCUT2D eigenvalue weighted by atomic mass is 10.1. The van der Waals surface area contributed by atoms with Crippen LogP contribution in [0.3, 0.4) is 0 Å². The molecule has 3 heterocycles. The third-order valence-corrected chi connectivity index (χ3v) is 3.12. The highest BCUT2D eigenvalue weighted by molar-refractivity contribution is 5.73. The van der Waals surface area contributed by atoms with Crippen LogP contribution in [-0.4, -0.2) is 38.2 Å². The molecule has 1 aliphatic heterocycles. The first-order chi connectivity index (χ1) is 9.72. The summed E-state index contributed by atoms with van der Waals surface area (Å²) in [6, 6.07) is 3.79. The first-order valence-electron chi connectivity index (χ1n) is 6.39. The van der Waals surface area contributed by atoms with Gasteiger partial charge in [0, 0.05) is 32.9 Å². The summed E-state index contributed by atoms with van der Waals surface area (Å²) in [6.07, 6.45) is 9.74. The maximum absolute atomic E-state index is 4.54. The average molecular weight is 268 g/mol. The van der Waals surface area contributed by atoms with Crippen LogP contribution in [0.25, 0.3) is 5.57 Å². The first kappa shape index (κ1) is 12.4. The molecule has 6 heteroatoms. The second-order valence-corrected chi connectivity index (χ2v) is 4.65. The molecule has 0 bridgehead atoms. The summed E-state index contributed by atoms with van der Waals surface area (Å²) in [4.78, 5) is 10.9. The SMILES string of the molecule is CN1C=CC(c2ccnc(Nc3ccnn3C)n2)=CC1. The van der Waals surface area contributed by atoms with Crippen molar-refractivity contribution in [3.63, 3.8) is 0 Å². The van der Waals surface area contributed by atoms with Crippen LogP contribution in [0.2, 0.25) is 0 Å². The fourth-order valence-corrected chi connectivity index (χ4v) is 1.96. The minimum absolute atomic E-state index is 0.569. The Balaban J connectivity index is 1.83. The molecule has 0 saturated carbocycles. The smallest absolute Gasteiger partial charge is 0.228 e.